The Hall–Kier alpha value is -3.03. The van der Waals surface area contributed by atoms with Crippen molar-refractivity contribution in [3.8, 4) is 0 Å². The highest BCUT2D eigenvalue weighted by atomic mass is 16.6. The first-order chi connectivity index (χ1) is 10.5. The van der Waals surface area contributed by atoms with Crippen LogP contribution in [0.25, 0.3) is 0 Å². The van der Waals surface area contributed by atoms with Crippen LogP contribution >= 0.6 is 0 Å². The van der Waals surface area contributed by atoms with Gasteiger partial charge in [0.1, 0.15) is 12.1 Å². The van der Waals surface area contributed by atoms with Crippen molar-refractivity contribution in [3.05, 3.63) is 57.5 Å². The Morgan fingerprint density at radius 1 is 1.36 bits per heavy atom. The van der Waals surface area contributed by atoms with Gasteiger partial charge in [-0.1, -0.05) is 6.07 Å². The van der Waals surface area contributed by atoms with Crippen molar-refractivity contribution in [2.45, 2.75) is 6.42 Å². The molecule has 0 aliphatic carbocycles. The molecule has 8 heteroatoms. The summed E-state index contributed by atoms with van der Waals surface area (Å²) in [5, 5.41) is 14.1. The smallest absolute Gasteiger partial charge is 0.338 e. The van der Waals surface area contributed by atoms with Crippen molar-refractivity contribution in [1.82, 2.24) is 9.97 Å². The van der Waals surface area contributed by atoms with E-state index in [1.54, 1.807) is 13.1 Å². The number of anilines is 1. The molecule has 0 unspecified atom stereocenters. The van der Waals surface area contributed by atoms with Crippen LogP contribution in [-0.4, -0.2) is 35.0 Å². The monoisotopic (exact) mass is 302 g/mol. The zero-order valence-electron chi connectivity index (χ0n) is 12.1. The van der Waals surface area contributed by atoms with Gasteiger partial charge in [0, 0.05) is 31.2 Å². The molecule has 2 rings (SSSR count). The lowest BCUT2D eigenvalue weighted by Crippen LogP contribution is -2.05. The van der Waals surface area contributed by atoms with E-state index in [0.717, 1.165) is 0 Å². The summed E-state index contributed by atoms with van der Waals surface area (Å²) in [4.78, 5) is 30.2. The highest BCUT2D eigenvalue weighted by molar-refractivity contribution is 5.90. The molecule has 0 bridgehead atoms. The van der Waals surface area contributed by atoms with Crippen LogP contribution in [0.3, 0.4) is 0 Å². The normalized spacial score (nSPS) is 10.1. The standard InChI is InChI=1S/C14H14N4O4/c1-15-13-7-11(16-8-17-13)5-9-3-4-10(14(19)22-2)6-12(9)18(20)21/h3-4,6-8H,5H2,1-2H3,(H,15,16,17). The fraction of sp³-hybridized carbons (Fsp3) is 0.214. The third-order valence-corrected chi connectivity index (χ3v) is 3.05. The molecule has 0 spiro atoms. The fourth-order valence-corrected chi connectivity index (χ4v) is 1.95. The van der Waals surface area contributed by atoms with Crippen molar-refractivity contribution >= 4 is 17.5 Å². The van der Waals surface area contributed by atoms with E-state index in [0.29, 0.717) is 17.1 Å². The minimum atomic E-state index is -0.617. The number of hydrogen-bond acceptors (Lipinski definition) is 7. The number of rotatable bonds is 5. The van der Waals surface area contributed by atoms with Gasteiger partial charge in [0.25, 0.3) is 5.69 Å². The average Bonchev–Trinajstić information content (AvgIpc) is 2.54. The van der Waals surface area contributed by atoms with E-state index in [9.17, 15) is 14.9 Å². The quantitative estimate of drug-likeness (QED) is 0.509. The van der Waals surface area contributed by atoms with Crippen LogP contribution in [0.5, 0.6) is 0 Å². The second-order valence-corrected chi connectivity index (χ2v) is 4.41. The number of carbonyl (C=O) groups is 1. The molecule has 1 heterocycles. The summed E-state index contributed by atoms with van der Waals surface area (Å²) in [6, 6.07) is 5.94. The van der Waals surface area contributed by atoms with Crippen LogP contribution in [0, 0.1) is 10.1 Å². The molecule has 0 aliphatic heterocycles. The summed E-state index contributed by atoms with van der Waals surface area (Å²) in [7, 11) is 2.95. The number of nitro benzene ring substituents is 1. The SMILES string of the molecule is CNc1cc(Cc2ccc(C(=O)OC)cc2[N+](=O)[O-])ncn1. The predicted molar refractivity (Wildman–Crippen MR) is 78.8 cm³/mol. The number of nitrogens with zero attached hydrogens (tertiary/aromatic N) is 3. The van der Waals surface area contributed by atoms with Gasteiger partial charge in [0.15, 0.2) is 0 Å². The molecule has 1 N–H and O–H groups in total. The lowest BCUT2D eigenvalue weighted by atomic mass is 10.0. The summed E-state index contributed by atoms with van der Waals surface area (Å²) >= 11 is 0. The molecule has 0 atom stereocenters. The molecule has 0 saturated heterocycles. The average molecular weight is 302 g/mol. The minimum absolute atomic E-state index is 0.136. The summed E-state index contributed by atoms with van der Waals surface area (Å²) in [5.41, 5.74) is 1.08. The Labute approximate surface area is 126 Å². The molecule has 0 radical (unpaired) electrons. The van der Waals surface area contributed by atoms with Crippen LogP contribution in [0.2, 0.25) is 0 Å². The highest BCUT2D eigenvalue weighted by Gasteiger charge is 2.18. The Bertz CT molecular complexity index is 718. The van der Waals surface area contributed by atoms with E-state index in [4.69, 9.17) is 0 Å². The summed E-state index contributed by atoms with van der Waals surface area (Å²) in [6.45, 7) is 0. The lowest BCUT2D eigenvalue weighted by Gasteiger charge is -2.06. The van der Waals surface area contributed by atoms with Gasteiger partial charge in [-0.15, -0.1) is 0 Å². The molecule has 114 valence electrons. The maximum Gasteiger partial charge on any atom is 0.338 e. The number of nitrogens with one attached hydrogen (secondary N) is 1. The number of benzene rings is 1. The van der Waals surface area contributed by atoms with Crippen molar-refractivity contribution in [1.29, 1.82) is 0 Å². The molecule has 1 aromatic heterocycles. The minimum Gasteiger partial charge on any atom is -0.465 e. The summed E-state index contributed by atoms with van der Waals surface area (Å²) in [6.07, 6.45) is 1.64. The molecule has 0 fully saturated rings. The van der Waals surface area contributed by atoms with E-state index in [2.05, 4.69) is 20.0 Å². The molecule has 0 aliphatic rings. The Balaban J connectivity index is 2.37. The predicted octanol–water partition coefficient (Wildman–Crippen LogP) is 1.80. The molecular weight excluding hydrogens is 288 g/mol. The molecule has 0 saturated carbocycles. The second-order valence-electron chi connectivity index (χ2n) is 4.41. The zero-order chi connectivity index (χ0) is 16.1. The van der Waals surface area contributed by atoms with Crippen molar-refractivity contribution < 1.29 is 14.5 Å². The summed E-state index contributed by atoms with van der Waals surface area (Å²) in [5.74, 6) is 0.00740. The molecule has 2 aromatic rings. The number of methoxy groups -OCH3 is 1. The number of esters is 1. The zero-order valence-corrected chi connectivity index (χ0v) is 12.1. The Morgan fingerprint density at radius 2 is 2.14 bits per heavy atom. The molecule has 0 amide bonds. The number of carbonyl (C=O) groups excluding carboxylic acids is 1. The summed E-state index contributed by atoms with van der Waals surface area (Å²) < 4.78 is 4.57. The number of nitro groups is 1. The van der Waals surface area contributed by atoms with E-state index >= 15 is 0 Å². The lowest BCUT2D eigenvalue weighted by molar-refractivity contribution is -0.385. The van der Waals surface area contributed by atoms with Gasteiger partial charge >= 0.3 is 5.97 Å². The maximum atomic E-state index is 11.5. The molecular formula is C14H14N4O4. The first-order valence-electron chi connectivity index (χ1n) is 6.39. The van der Waals surface area contributed by atoms with Crippen LogP contribution in [0.15, 0.2) is 30.6 Å². The second kappa shape index (κ2) is 6.61. The molecule has 8 nitrogen and oxygen atoms in total. The largest absolute Gasteiger partial charge is 0.465 e. The van der Waals surface area contributed by atoms with Crippen molar-refractivity contribution in [3.63, 3.8) is 0 Å². The molecule has 1 aromatic carbocycles. The van der Waals surface area contributed by atoms with Crippen molar-refractivity contribution in [2.24, 2.45) is 0 Å². The Kier molecular flexibility index (Phi) is 4.62. The first-order valence-corrected chi connectivity index (χ1v) is 6.39. The van der Waals surface area contributed by atoms with Gasteiger partial charge in [-0.3, -0.25) is 10.1 Å². The highest BCUT2D eigenvalue weighted by Crippen LogP contribution is 2.23. The van der Waals surface area contributed by atoms with E-state index < -0.39 is 10.9 Å². The number of aromatic nitrogens is 2. The fourth-order valence-electron chi connectivity index (χ4n) is 1.95. The van der Waals surface area contributed by atoms with Gasteiger partial charge in [-0.25, -0.2) is 14.8 Å². The van der Waals surface area contributed by atoms with Crippen LogP contribution in [0.4, 0.5) is 11.5 Å². The van der Waals surface area contributed by atoms with E-state index in [-0.39, 0.29) is 17.7 Å². The van der Waals surface area contributed by atoms with Crippen LogP contribution in [0.1, 0.15) is 21.6 Å². The van der Waals surface area contributed by atoms with Gasteiger partial charge < -0.3 is 10.1 Å². The molecule has 22 heavy (non-hydrogen) atoms. The number of ether oxygens (including phenoxy) is 1. The van der Waals surface area contributed by atoms with E-state index in [1.165, 1.54) is 31.6 Å². The van der Waals surface area contributed by atoms with Gasteiger partial charge in [-0.05, 0) is 6.07 Å². The maximum absolute atomic E-state index is 11.5. The third-order valence-electron chi connectivity index (χ3n) is 3.05. The van der Waals surface area contributed by atoms with Gasteiger partial charge in [0.05, 0.1) is 23.3 Å². The van der Waals surface area contributed by atoms with Crippen LogP contribution < -0.4 is 5.32 Å². The van der Waals surface area contributed by atoms with Crippen LogP contribution in [-0.2, 0) is 11.2 Å². The van der Waals surface area contributed by atoms with Gasteiger partial charge in [0.2, 0.25) is 0 Å². The topological polar surface area (TPSA) is 107 Å². The first kappa shape index (κ1) is 15.4. The number of hydrogen-bond donors (Lipinski definition) is 1. The van der Waals surface area contributed by atoms with Crippen molar-refractivity contribution in [2.75, 3.05) is 19.5 Å². The Morgan fingerprint density at radius 3 is 2.77 bits per heavy atom. The third kappa shape index (κ3) is 3.35. The van der Waals surface area contributed by atoms with Gasteiger partial charge in [-0.2, -0.15) is 0 Å². The van der Waals surface area contributed by atoms with E-state index in [1.807, 2.05) is 0 Å².